The second kappa shape index (κ2) is 8.35. The second-order valence-corrected chi connectivity index (χ2v) is 5.34. The number of carbonyl (C=O) groups is 1. The highest BCUT2D eigenvalue weighted by molar-refractivity contribution is 6.35. The average Bonchev–Trinajstić information content (AvgIpc) is 2.35. The molecule has 112 valence electrons. The van der Waals surface area contributed by atoms with Gasteiger partial charge in [0.2, 0.25) is 0 Å². The molecule has 0 aliphatic carbocycles. The Morgan fingerprint density at radius 3 is 2.70 bits per heavy atom. The maximum Gasteiger partial charge on any atom is 0.304 e. The highest BCUT2D eigenvalue weighted by Gasteiger charge is 2.15. The van der Waals surface area contributed by atoms with E-state index < -0.39 is 5.97 Å². The first-order valence-corrected chi connectivity index (χ1v) is 7.23. The zero-order chi connectivity index (χ0) is 15.1. The Bertz CT molecular complexity index is 454. The van der Waals surface area contributed by atoms with Crippen molar-refractivity contribution in [3.05, 3.63) is 28.2 Å². The Balaban J connectivity index is 2.46. The van der Waals surface area contributed by atoms with Crippen molar-refractivity contribution in [1.82, 2.24) is 4.90 Å². The second-order valence-electron chi connectivity index (χ2n) is 4.50. The quantitative estimate of drug-likeness (QED) is 0.796. The molecule has 0 radical (unpaired) electrons. The van der Waals surface area contributed by atoms with Gasteiger partial charge in [0.15, 0.2) is 0 Å². The van der Waals surface area contributed by atoms with Gasteiger partial charge in [-0.25, -0.2) is 0 Å². The zero-order valence-corrected chi connectivity index (χ0v) is 13.1. The molecule has 1 unspecified atom stereocenters. The third-order valence-electron chi connectivity index (χ3n) is 3.03. The average molecular weight is 320 g/mol. The van der Waals surface area contributed by atoms with Gasteiger partial charge in [0.05, 0.1) is 11.4 Å². The van der Waals surface area contributed by atoms with Gasteiger partial charge >= 0.3 is 5.97 Å². The highest BCUT2D eigenvalue weighted by atomic mass is 35.5. The molecule has 0 amide bonds. The maximum atomic E-state index is 10.7. The molecular formula is C14H19Cl2NO3. The fraction of sp³-hybridized carbons (Fsp3) is 0.500. The van der Waals surface area contributed by atoms with Crippen LogP contribution in [-0.2, 0) is 4.79 Å². The Labute approximate surface area is 129 Å². The molecule has 4 nitrogen and oxygen atoms in total. The number of carboxylic acid groups (broad SMARTS) is 1. The van der Waals surface area contributed by atoms with Crippen LogP contribution >= 0.6 is 23.2 Å². The van der Waals surface area contributed by atoms with Crippen molar-refractivity contribution >= 4 is 29.2 Å². The van der Waals surface area contributed by atoms with Gasteiger partial charge in [-0.2, -0.15) is 0 Å². The van der Waals surface area contributed by atoms with Crippen LogP contribution in [0.5, 0.6) is 5.75 Å². The molecule has 6 heteroatoms. The lowest BCUT2D eigenvalue weighted by Crippen LogP contribution is -2.37. The van der Waals surface area contributed by atoms with Crippen molar-refractivity contribution in [3.8, 4) is 5.75 Å². The third kappa shape index (κ3) is 5.57. The number of carboxylic acids is 1. The van der Waals surface area contributed by atoms with Crippen molar-refractivity contribution in [2.45, 2.75) is 26.3 Å². The van der Waals surface area contributed by atoms with Crippen LogP contribution in [0.3, 0.4) is 0 Å². The minimum Gasteiger partial charge on any atom is -0.491 e. The lowest BCUT2D eigenvalue weighted by Gasteiger charge is -2.26. The maximum absolute atomic E-state index is 10.7. The fourth-order valence-electron chi connectivity index (χ4n) is 1.94. The molecule has 0 saturated heterocycles. The summed E-state index contributed by atoms with van der Waals surface area (Å²) >= 11 is 11.8. The van der Waals surface area contributed by atoms with Crippen LogP contribution in [-0.4, -0.2) is 41.7 Å². The van der Waals surface area contributed by atoms with Gasteiger partial charge < -0.3 is 9.84 Å². The van der Waals surface area contributed by atoms with Crippen molar-refractivity contribution < 1.29 is 14.6 Å². The van der Waals surface area contributed by atoms with Crippen molar-refractivity contribution in [3.63, 3.8) is 0 Å². The molecule has 1 rings (SSSR count). The summed E-state index contributed by atoms with van der Waals surface area (Å²) < 4.78 is 5.60. The Morgan fingerprint density at radius 1 is 1.45 bits per heavy atom. The van der Waals surface area contributed by atoms with E-state index in [1.807, 2.05) is 13.8 Å². The standard InChI is InChI=1S/C14H19Cl2NO3/c1-3-17(10(2)8-14(18)19)6-7-20-13-5-4-11(15)9-12(13)16/h4-5,9-10H,3,6-8H2,1-2H3,(H,18,19). The number of ether oxygens (including phenoxy) is 1. The van der Waals surface area contributed by atoms with E-state index in [9.17, 15) is 4.79 Å². The van der Waals surface area contributed by atoms with E-state index in [1.54, 1.807) is 18.2 Å². The Kier molecular flexibility index (Phi) is 7.13. The molecule has 0 saturated carbocycles. The van der Waals surface area contributed by atoms with E-state index in [0.717, 1.165) is 6.54 Å². The lowest BCUT2D eigenvalue weighted by atomic mass is 10.2. The minimum atomic E-state index is -0.794. The van der Waals surface area contributed by atoms with Crippen molar-refractivity contribution in [2.24, 2.45) is 0 Å². The first kappa shape index (κ1) is 17.1. The first-order valence-electron chi connectivity index (χ1n) is 6.47. The Morgan fingerprint density at radius 2 is 2.15 bits per heavy atom. The zero-order valence-electron chi connectivity index (χ0n) is 11.6. The van der Waals surface area contributed by atoms with Crippen molar-refractivity contribution in [2.75, 3.05) is 19.7 Å². The summed E-state index contributed by atoms with van der Waals surface area (Å²) in [5.41, 5.74) is 0. The molecule has 1 atom stereocenters. The van der Waals surface area contributed by atoms with Gasteiger partial charge in [0, 0.05) is 17.6 Å². The van der Waals surface area contributed by atoms with E-state index >= 15 is 0 Å². The van der Waals surface area contributed by atoms with Gasteiger partial charge in [0.1, 0.15) is 12.4 Å². The van der Waals surface area contributed by atoms with Gasteiger partial charge in [0.25, 0.3) is 0 Å². The summed E-state index contributed by atoms with van der Waals surface area (Å²) in [6.45, 7) is 5.75. The van der Waals surface area contributed by atoms with Crippen LogP contribution < -0.4 is 4.74 Å². The minimum absolute atomic E-state index is 0.0261. The van der Waals surface area contributed by atoms with Gasteiger partial charge in [-0.15, -0.1) is 0 Å². The number of hydrogen-bond acceptors (Lipinski definition) is 3. The third-order valence-corrected chi connectivity index (χ3v) is 3.56. The summed E-state index contributed by atoms with van der Waals surface area (Å²) in [7, 11) is 0. The van der Waals surface area contributed by atoms with Crippen LogP contribution in [0.25, 0.3) is 0 Å². The SMILES string of the molecule is CCN(CCOc1ccc(Cl)cc1Cl)C(C)CC(=O)O. The molecule has 0 fully saturated rings. The van der Waals surface area contributed by atoms with Crippen LogP contribution in [0.1, 0.15) is 20.3 Å². The molecule has 1 aromatic rings. The van der Waals surface area contributed by atoms with E-state index in [0.29, 0.717) is 28.9 Å². The summed E-state index contributed by atoms with van der Waals surface area (Å²) in [5.74, 6) is -0.212. The summed E-state index contributed by atoms with van der Waals surface area (Å²) in [4.78, 5) is 12.8. The van der Waals surface area contributed by atoms with Crippen LogP contribution in [0.15, 0.2) is 18.2 Å². The number of hydrogen-bond donors (Lipinski definition) is 1. The fourth-order valence-corrected chi connectivity index (χ4v) is 2.40. The van der Waals surface area contributed by atoms with E-state index in [1.165, 1.54) is 0 Å². The van der Waals surface area contributed by atoms with Crippen LogP contribution in [0, 0.1) is 0 Å². The molecule has 0 aliphatic rings. The molecule has 0 aliphatic heterocycles. The molecule has 1 N–H and O–H groups in total. The molecule has 1 aromatic carbocycles. The largest absolute Gasteiger partial charge is 0.491 e. The summed E-state index contributed by atoms with van der Waals surface area (Å²) in [5, 5.41) is 9.84. The van der Waals surface area contributed by atoms with Crippen molar-refractivity contribution in [1.29, 1.82) is 0 Å². The number of nitrogens with zero attached hydrogens (tertiary/aromatic N) is 1. The Hall–Kier alpha value is -0.970. The molecule has 0 aromatic heterocycles. The lowest BCUT2D eigenvalue weighted by molar-refractivity contribution is -0.138. The van der Waals surface area contributed by atoms with Gasteiger partial charge in [-0.3, -0.25) is 9.69 Å². The predicted octanol–water partition coefficient (Wildman–Crippen LogP) is 3.56. The van der Waals surface area contributed by atoms with E-state index in [4.69, 9.17) is 33.0 Å². The smallest absolute Gasteiger partial charge is 0.304 e. The molecule has 0 spiro atoms. The van der Waals surface area contributed by atoms with Gasteiger partial charge in [-0.1, -0.05) is 30.1 Å². The highest BCUT2D eigenvalue weighted by Crippen LogP contribution is 2.27. The normalized spacial score (nSPS) is 12.4. The number of benzene rings is 1. The number of halogens is 2. The van der Waals surface area contributed by atoms with Crippen LogP contribution in [0.4, 0.5) is 0 Å². The molecule has 20 heavy (non-hydrogen) atoms. The first-order chi connectivity index (χ1) is 9.43. The monoisotopic (exact) mass is 319 g/mol. The number of rotatable bonds is 8. The topological polar surface area (TPSA) is 49.8 Å². The van der Waals surface area contributed by atoms with E-state index in [2.05, 4.69) is 4.90 Å². The van der Waals surface area contributed by atoms with Gasteiger partial charge in [-0.05, 0) is 31.7 Å². The number of likely N-dealkylation sites (N-methyl/N-ethyl adjacent to an activating group) is 1. The number of aliphatic carboxylic acids is 1. The predicted molar refractivity (Wildman–Crippen MR) is 80.9 cm³/mol. The van der Waals surface area contributed by atoms with Crippen LogP contribution in [0.2, 0.25) is 10.0 Å². The van der Waals surface area contributed by atoms with E-state index in [-0.39, 0.29) is 12.5 Å². The molecule has 0 heterocycles. The summed E-state index contributed by atoms with van der Waals surface area (Å²) in [6.07, 6.45) is 0.121. The molecule has 0 bridgehead atoms. The molecular weight excluding hydrogens is 301 g/mol. The summed E-state index contributed by atoms with van der Waals surface area (Å²) in [6, 6.07) is 5.04.